The van der Waals surface area contributed by atoms with Crippen LogP contribution < -0.4 is 10.6 Å². The summed E-state index contributed by atoms with van der Waals surface area (Å²) in [5.41, 5.74) is 2.39. The highest BCUT2D eigenvalue weighted by Gasteiger charge is 2.34. The molecule has 2 N–H and O–H groups in total. The smallest absolute Gasteiger partial charge is 0.339 e. The van der Waals surface area contributed by atoms with Crippen LogP contribution in [0.2, 0.25) is 0 Å². The van der Waals surface area contributed by atoms with Gasteiger partial charge in [-0.3, -0.25) is 14.5 Å². The number of nitrogens with one attached hydrogen (secondary N) is 2. The molecule has 0 bridgehead atoms. The van der Waals surface area contributed by atoms with Gasteiger partial charge in [-0.25, -0.2) is 4.79 Å². The number of amides is 2. The van der Waals surface area contributed by atoms with Gasteiger partial charge in [0.15, 0.2) is 0 Å². The van der Waals surface area contributed by atoms with Crippen molar-refractivity contribution in [2.75, 3.05) is 37.4 Å². The van der Waals surface area contributed by atoms with E-state index in [-0.39, 0.29) is 17.2 Å². The van der Waals surface area contributed by atoms with Crippen LogP contribution in [0.4, 0.5) is 10.7 Å². The Morgan fingerprint density at radius 1 is 1.05 bits per heavy atom. The van der Waals surface area contributed by atoms with Crippen LogP contribution in [-0.2, 0) is 22.4 Å². The van der Waals surface area contributed by atoms with Crippen molar-refractivity contribution in [1.82, 2.24) is 4.90 Å². The predicted molar refractivity (Wildman–Crippen MR) is 149 cm³/mol. The van der Waals surface area contributed by atoms with E-state index >= 15 is 0 Å². The van der Waals surface area contributed by atoms with E-state index in [2.05, 4.69) is 36.3 Å². The molecule has 1 aromatic heterocycles. The fourth-order valence-electron chi connectivity index (χ4n) is 5.38. The first-order valence-corrected chi connectivity index (χ1v) is 14.1. The lowest BCUT2D eigenvalue weighted by Crippen LogP contribution is -2.34. The molecule has 1 aromatic carbocycles. The average molecular weight is 526 g/mol. The van der Waals surface area contributed by atoms with Crippen molar-refractivity contribution in [3.8, 4) is 0 Å². The normalized spacial score (nSPS) is 18.4. The molecule has 7 nitrogen and oxygen atoms in total. The van der Waals surface area contributed by atoms with Gasteiger partial charge < -0.3 is 15.4 Å². The molecule has 0 spiro atoms. The summed E-state index contributed by atoms with van der Waals surface area (Å²) in [6, 6.07) is 6.82. The number of carbonyl (C=O) groups is 3. The minimum Gasteiger partial charge on any atom is -0.465 e. The lowest BCUT2D eigenvalue weighted by molar-refractivity contribution is -0.117. The summed E-state index contributed by atoms with van der Waals surface area (Å²) in [5.74, 6) is -0.400. The summed E-state index contributed by atoms with van der Waals surface area (Å²) < 4.78 is 4.89. The van der Waals surface area contributed by atoms with E-state index in [9.17, 15) is 14.4 Å². The minimum atomic E-state index is -0.512. The molecule has 2 aliphatic rings. The zero-order valence-electron chi connectivity index (χ0n) is 22.4. The van der Waals surface area contributed by atoms with Crippen LogP contribution in [0.1, 0.15) is 84.0 Å². The van der Waals surface area contributed by atoms with E-state index in [4.69, 9.17) is 4.74 Å². The number of likely N-dealkylation sites (tertiary alicyclic amines) is 1. The number of ether oxygens (including phenoxy) is 1. The number of hydrogen-bond donors (Lipinski definition) is 2. The minimum absolute atomic E-state index is 0.0862. The summed E-state index contributed by atoms with van der Waals surface area (Å²) in [4.78, 5) is 42.4. The predicted octanol–water partition coefficient (Wildman–Crippen LogP) is 5.75. The van der Waals surface area contributed by atoms with Crippen LogP contribution in [0, 0.1) is 11.3 Å². The molecule has 1 fully saturated rings. The topological polar surface area (TPSA) is 87.7 Å². The van der Waals surface area contributed by atoms with E-state index < -0.39 is 5.97 Å². The Morgan fingerprint density at radius 3 is 2.43 bits per heavy atom. The number of carbonyl (C=O) groups excluding carboxylic acids is 3. The average Bonchev–Trinajstić information content (AvgIpc) is 3.01. The number of fused-ring (bicyclic) bond motifs is 1. The van der Waals surface area contributed by atoms with Crippen molar-refractivity contribution in [1.29, 1.82) is 0 Å². The van der Waals surface area contributed by atoms with Gasteiger partial charge in [0, 0.05) is 4.88 Å². The number of benzene rings is 1. The molecule has 1 saturated heterocycles. The number of esters is 1. The Balaban J connectivity index is 1.62. The molecule has 1 atom stereocenters. The molecule has 2 heterocycles. The van der Waals surface area contributed by atoms with E-state index in [1.807, 2.05) is 0 Å². The monoisotopic (exact) mass is 525 g/mol. The molecule has 37 heavy (non-hydrogen) atoms. The largest absolute Gasteiger partial charge is 0.465 e. The number of thiophene rings is 1. The highest BCUT2D eigenvalue weighted by molar-refractivity contribution is 7.17. The van der Waals surface area contributed by atoms with Crippen molar-refractivity contribution < 1.29 is 19.1 Å². The molecule has 1 aliphatic carbocycles. The molecule has 4 rings (SSSR count). The van der Waals surface area contributed by atoms with Gasteiger partial charge in [-0.15, -0.1) is 11.3 Å². The fraction of sp³-hybridized carbons (Fsp3) is 0.552. The number of para-hydroxylation sites is 1. The van der Waals surface area contributed by atoms with Gasteiger partial charge in [-0.05, 0) is 74.2 Å². The summed E-state index contributed by atoms with van der Waals surface area (Å²) in [7, 11) is 1.32. The van der Waals surface area contributed by atoms with Gasteiger partial charge >= 0.3 is 5.97 Å². The van der Waals surface area contributed by atoms with Crippen LogP contribution in [0.25, 0.3) is 0 Å². The maximum atomic E-state index is 13.7. The zero-order valence-corrected chi connectivity index (χ0v) is 23.3. The molecular weight excluding hydrogens is 486 g/mol. The third-order valence-corrected chi connectivity index (χ3v) is 8.79. The summed E-state index contributed by atoms with van der Waals surface area (Å²) in [5, 5.41) is 6.62. The fourth-order valence-corrected chi connectivity index (χ4v) is 6.72. The van der Waals surface area contributed by atoms with E-state index in [1.54, 1.807) is 24.3 Å². The van der Waals surface area contributed by atoms with Gasteiger partial charge in [0.2, 0.25) is 5.91 Å². The lowest BCUT2D eigenvalue weighted by Gasteiger charge is -2.33. The second-order valence-corrected chi connectivity index (χ2v) is 12.3. The molecule has 0 saturated carbocycles. The molecular formula is C29H39N3O4S. The van der Waals surface area contributed by atoms with Crippen molar-refractivity contribution in [3.63, 3.8) is 0 Å². The van der Waals surface area contributed by atoms with Gasteiger partial charge in [0.25, 0.3) is 5.91 Å². The molecule has 0 radical (unpaired) electrons. The highest BCUT2D eigenvalue weighted by Crippen LogP contribution is 2.44. The Morgan fingerprint density at radius 2 is 1.76 bits per heavy atom. The van der Waals surface area contributed by atoms with Crippen LogP contribution in [0.5, 0.6) is 0 Å². The van der Waals surface area contributed by atoms with Crippen LogP contribution >= 0.6 is 11.3 Å². The van der Waals surface area contributed by atoms with Crippen LogP contribution in [0.3, 0.4) is 0 Å². The van der Waals surface area contributed by atoms with Gasteiger partial charge in [0.05, 0.1) is 30.5 Å². The first-order chi connectivity index (χ1) is 17.7. The van der Waals surface area contributed by atoms with Gasteiger partial charge in [-0.1, -0.05) is 45.7 Å². The highest BCUT2D eigenvalue weighted by atomic mass is 32.1. The Bertz CT molecular complexity index is 1140. The number of methoxy groups -OCH3 is 1. The lowest BCUT2D eigenvalue weighted by atomic mass is 9.72. The Hall–Kier alpha value is -2.71. The van der Waals surface area contributed by atoms with Crippen molar-refractivity contribution in [2.24, 2.45) is 11.3 Å². The third-order valence-electron chi connectivity index (χ3n) is 7.62. The van der Waals surface area contributed by atoms with E-state index in [1.165, 1.54) is 36.2 Å². The maximum absolute atomic E-state index is 13.7. The maximum Gasteiger partial charge on any atom is 0.339 e. The standard InChI is InChI=1S/C29H39N3O4S/c1-29(2,3)19-13-14-21-23(17-19)37-27(31-24(33)18-32-15-9-5-6-10-16-32)25(21)26(34)30-22-12-8-7-11-20(22)28(35)36-4/h7-8,11-12,19H,5-6,9-10,13-18H2,1-4H3,(H,30,34)(H,31,33)/t19-/m1/s1. The second-order valence-electron chi connectivity index (χ2n) is 11.2. The number of anilines is 2. The van der Waals surface area contributed by atoms with Crippen LogP contribution in [-0.4, -0.2) is 49.4 Å². The van der Waals surface area contributed by atoms with Crippen LogP contribution in [0.15, 0.2) is 24.3 Å². The number of nitrogens with zero attached hydrogens (tertiary/aromatic N) is 1. The van der Waals surface area contributed by atoms with E-state index in [0.29, 0.717) is 34.3 Å². The number of hydrogen-bond acceptors (Lipinski definition) is 6. The molecule has 0 unspecified atom stereocenters. The summed E-state index contributed by atoms with van der Waals surface area (Å²) >= 11 is 1.53. The van der Waals surface area contributed by atoms with Gasteiger partial charge in [-0.2, -0.15) is 0 Å². The van der Waals surface area contributed by atoms with Crippen molar-refractivity contribution in [3.05, 3.63) is 45.8 Å². The van der Waals surface area contributed by atoms with Crippen molar-refractivity contribution in [2.45, 2.75) is 65.7 Å². The molecule has 2 aromatic rings. The summed E-state index contributed by atoms with van der Waals surface area (Å²) in [6.45, 7) is 8.98. The second kappa shape index (κ2) is 11.8. The Labute approximate surface area is 224 Å². The Kier molecular flexibility index (Phi) is 8.70. The number of rotatable bonds is 6. The molecule has 2 amide bonds. The third kappa shape index (κ3) is 6.60. The molecule has 8 heteroatoms. The molecule has 200 valence electrons. The zero-order chi connectivity index (χ0) is 26.6. The van der Waals surface area contributed by atoms with Crippen molar-refractivity contribution >= 4 is 39.8 Å². The quantitative estimate of drug-likeness (QED) is 0.469. The summed E-state index contributed by atoms with van der Waals surface area (Å²) in [6.07, 6.45) is 7.32. The first kappa shape index (κ1) is 27.3. The van der Waals surface area contributed by atoms with Gasteiger partial charge in [0.1, 0.15) is 5.00 Å². The van der Waals surface area contributed by atoms with E-state index in [0.717, 1.165) is 50.8 Å². The molecule has 1 aliphatic heterocycles. The SMILES string of the molecule is COC(=O)c1ccccc1NC(=O)c1c(NC(=O)CN2CCCCCC2)sc2c1CC[C@@H](C(C)(C)C)C2. The first-order valence-electron chi connectivity index (χ1n) is 13.3.